The topological polar surface area (TPSA) is 33.1 Å². The molecular weight excluding hydrogens is 225 g/mol. The molecule has 4 heteroatoms. The Bertz CT molecular complexity index is 483. The predicted octanol–water partition coefficient (Wildman–Crippen LogP) is 2.87. The zero-order valence-electron chi connectivity index (χ0n) is 8.85. The van der Waals surface area contributed by atoms with Crippen molar-refractivity contribution in [2.75, 3.05) is 0 Å². The van der Waals surface area contributed by atoms with Crippen LogP contribution in [0, 0.1) is 12.7 Å². The molecule has 1 unspecified atom stereocenters. The lowest BCUT2D eigenvalue weighted by atomic mass is 10.1. The summed E-state index contributed by atoms with van der Waals surface area (Å²) in [6, 6.07) is 6.27. The Kier molecular flexibility index (Phi) is 3.31. The third-order valence-corrected chi connectivity index (χ3v) is 3.30. The maximum atomic E-state index is 12.9. The van der Waals surface area contributed by atoms with Crippen molar-refractivity contribution in [2.45, 2.75) is 19.4 Å². The van der Waals surface area contributed by atoms with E-state index in [0.717, 1.165) is 11.3 Å². The Morgan fingerprint density at radius 3 is 2.94 bits per heavy atom. The van der Waals surface area contributed by atoms with Gasteiger partial charge in [0.05, 0.1) is 0 Å². The van der Waals surface area contributed by atoms with Gasteiger partial charge < -0.3 is 5.11 Å². The highest BCUT2D eigenvalue weighted by atomic mass is 32.1. The van der Waals surface area contributed by atoms with Gasteiger partial charge >= 0.3 is 0 Å². The number of aliphatic hydroxyl groups excluding tert-OH is 1. The highest BCUT2D eigenvalue weighted by molar-refractivity contribution is 7.09. The maximum Gasteiger partial charge on any atom is 0.123 e. The lowest BCUT2D eigenvalue weighted by Gasteiger charge is -2.07. The SMILES string of the molecule is Cc1csc(C(O)Cc2cccc(F)c2)n1. The van der Waals surface area contributed by atoms with Crippen LogP contribution in [0.3, 0.4) is 0 Å². The third kappa shape index (κ3) is 2.65. The first-order chi connectivity index (χ1) is 7.65. The van der Waals surface area contributed by atoms with Gasteiger partial charge in [0.25, 0.3) is 0 Å². The number of benzene rings is 1. The standard InChI is InChI=1S/C12H12FNOS/c1-8-7-16-12(14-8)11(15)6-9-3-2-4-10(13)5-9/h2-5,7,11,15H,6H2,1H3. The molecule has 0 aliphatic heterocycles. The lowest BCUT2D eigenvalue weighted by molar-refractivity contribution is 0.178. The molecule has 0 spiro atoms. The number of aromatic nitrogens is 1. The number of nitrogens with zero attached hydrogens (tertiary/aromatic N) is 1. The second kappa shape index (κ2) is 4.72. The van der Waals surface area contributed by atoms with E-state index >= 15 is 0 Å². The first kappa shape index (κ1) is 11.2. The van der Waals surface area contributed by atoms with Gasteiger partial charge in [-0.05, 0) is 24.6 Å². The lowest BCUT2D eigenvalue weighted by Crippen LogP contribution is -2.01. The number of halogens is 1. The molecule has 0 amide bonds. The van der Waals surface area contributed by atoms with Crippen molar-refractivity contribution in [3.63, 3.8) is 0 Å². The molecule has 0 saturated carbocycles. The Balaban J connectivity index is 2.10. The third-order valence-electron chi connectivity index (χ3n) is 2.24. The van der Waals surface area contributed by atoms with Crippen LogP contribution in [0.4, 0.5) is 4.39 Å². The van der Waals surface area contributed by atoms with Gasteiger partial charge in [-0.3, -0.25) is 0 Å². The molecule has 0 aliphatic rings. The predicted molar refractivity (Wildman–Crippen MR) is 61.9 cm³/mol. The Morgan fingerprint density at radius 2 is 2.31 bits per heavy atom. The highest BCUT2D eigenvalue weighted by Gasteiger charge is 2.12. The van der Waals surface area contributed by atoms with Crippen molar-refractivity contribution in [3.05, 3.63) is 51.7 Å². The Labute approximate surface area is 97.4 Å². The van der Waals surface area contributed by atoms with E-state index in [1.54, 1.807) is 12.1 Å². The summed E-state index contributed by atoms with van der Waals surface area (Å²) >= 11 is 1.43. The second-order valence-electron chi connectivity index (χ2n) is 3.68. The monoisotopic (exact) mass is 237 g/mol. The van der Waals surface area contributed by atoms with Crippen molar-refractivity contribution >= 4 is 11.3 Å². The van der Waals surface area contributed by atoms with Gasteiger partial charge in [-0.15, -0.1) is 11.3 Å². The van der Waals surface area contributed by atoms with E-state index in [-0.39, 0.29) is 5.82 Å². The first-order valence-electron chi connectivity index (χ1n) is 4.99. The van der Waals surface area contributed by atoms with Gasteiger partial charge in [0.15, 0.2) is 0 Å². The molecule has 2 rings (SSSR count). The van der Waals surface area contributed by atoms with Gasteiger partial charge in [0.1, 0.15) is 16.9 Å². The molecule has 1 N–H and O–H groups in total. The molecule has 0 saturated heterocycles. The van der Waals surface area contributed by atoms with Crippen LogP contribution < -0.4 is 0 Å². The van der Waals surface area contributed by atoms with E-state index < -0.39 is 6.10 Å². The normalized spacial score (nSPS) is 12.7. The van der Waals surface area contributed by atoms with E-state index in [1.807, 2.05) is 12.3 Å². The first-order valence-corrected chi connectivity index (χ1v) is 5.87. The Morgan fingerprint density at radius 1 is 1.50 bits per heavy atom. The van der Waals surface area contributed by atoms with Crippen molar-refractivity contribution in [3.8, 4) is 0 Å². The molecule has 1 heterocycles. The second-order valence-corrected chi connectivity index (χ2v) is 4.57. The zero-order valence-corrected chi connectivity index (χ0v) is 9.67. The quantitative estimate of drug-likeness (QED) is 0.890. The van der Waals surface area contributed by atoms with Crippen LogP contribution in [0.2, 0.25) is 0 Å². The summed E-state index contributed by atoms with van der Waals surface area (Å²) < 4.78 is 12.9. The number of rotatable bonds is 3. The number of thiazole rings is 1. The maximum absolute atomic E-state index is 12.9. The van der Waals surface area contributed by atoms with Crippen LogP contribution in [0.5, 0.6) is 0 Å². The molecular formula is C12H12FNOS. The van der Waals surface area contributed by atoms with Crippen molar-refractivity contribution in [1.82, 2.24) is 4.98 Å². The molecule has 2 nitrogen and oxygen atoms in total. The molecule has 0 fully saturated rings. The zero-order chi connectivity index (χ0) is 11.5. The van der Waals surface area contributed by atoms with Gasteiger partial charge in [-0.1, -0.05) is 12.1 Å². The summed E-state index contributed by atoms with van der Waals surface area (Å²) in [7, 11) is 0. The molecule has 2 aromatic rings. The van der Waals surface area contributed by atoms with Crippen LogP contribution in [0.15, 0.2) is 29.6 Å². The summed E-state index contributed by atoms with van der Waals surface area (Å²) in [5, 5.41) is 12.5. The summed E-state index contributed by atoms with van der Waals surface area (Å²) in [5.74, 6) is -0.278. The molecule has 16 heavy (non-hydrogen) atoms. The molecule has 0 radical (unpaired) electrons. The largest absolute Gasteiger partial charge is 0.386 e. The van der Waals surface area contributed by atoms with Crippen LogP contribution in [0.25, 0.3) is 0 Å². The van der Waals surface area contributed by atoms with Crippen LogP contribution >= 0.6 is 11.3 Å². The van der Waals surface area contributed by atoms with Gasteiger partial charge in [0.2, 0.25) is 0 Å². The van der Waals surface area contributed by atoms with E-state index in [4.69, 9.17) is 0 Å². The minimum Gasteiger partial charge on any atom is -0.386 e. The average molecular weight is 237 g/mol. The van der Waals surface area contributed by atoms with Crippen molar-refractivity contribution in [2.24, 2.45) is 0 Å². The summed E-state index contributed by atoms with van der Waals surface area (Å²) in [6.45, 7) is 1.88. The van der Waals surface area contributed by atoms with Gasteiger partial charge in [-0.2, -0.15) is 0 Å². The minimum absolute atomic E-state index is 0.278. The van der Waals surface area contributed by atoms with E-state index in [1.165, 1.54) is 23.5 Å². The van der Waals surface area contributed by atoms with Crippen LogP contribution in [-0.2, 0) is 6.42 Å². The molecule has 1 aromatic carbocycles. The fourth-order valence-electron chi connectivity index (χ4n) is 1.50. The molecule has 1 atom stereocenters. The van der Waals surface area contributed by atoms with Gasteiger partial charge in [-0.25, -0.2) is 9.37 Å². The smallest absolute Gasteiger partial charge is 0.123 e. The van der Waals surface area contributed by atoms with E-state index in [0.29, 0.717) is 11.4 Å². The van der Waals surface area contributed by atoms with E-state index in [2.05, 4.69) is 4.98 Å². The Hall–Kier alpha value is -1.26. The fourth-order valence-corrected chi connectivity index (χ4v) is 2.28. The summed E-state index contributed by atoms with van der Waals surface area (Å²) in [6.07, 6.45) is -0.259. The minimum atomic E-state index is -0.652. The molecule has 0 bridgehead atoms. The summed E-state index contributed by atoms with van der Waals surface area (Å²) in [4.78, 5) is 4.20. The molecule has 84 valence electrons. The fraction of sp³-hybridized carbons (Fsp3) is 0.250. The summed E-state index contributed by atoms with van der Waals surface area (Å²) in [5.41, 5.74) is 1.68. The van der Waals surface area contributed by atoms with Gasteiger partial charge in [0, 0.05) is 17.5 Å². The molecule has 0 aliphatic carbocycles. The van der Waals surface area contributed by atoms with E-state index in [9.17, 15) is 9.50 Å². The van der Waals surface area contributed by atoms with Crippen LogP contribution in [0.1, 0.15) is 22.4 Å². The molecule has 1 aromatic heterocycles. The number of hydrogen-bond donors (Lipinski definition) is 1. The average Bonchev–Trinajstić information content (AvgIpc) is 2.65. The van der Waals surface area contributed by atoms with Crippen molar-refractivity contribution < 1.29 is 9.50 Å². The number of aryl methyl sites for hydroxylation is 1. The number of aliphatic hydroxyl groups is 1. The highest BCUT2D eigenvalue weighted by Crippen LogP contribution is 2.21. The van der Waals surface area contributed by atoms with Crippen LogP contribution in [-0.4, -0.2) is 10.1 Å². The van der Waals surface area contributed by atoms with Crippen molar-refractivity contribution in [1.29, 1.82) is 0 Å². The number of hydrogen-bond acceptors (Lipinski definition) is 3.